The van der Waals surface area contributed by atoms with Gasteiger partial charge in [0.15, 0.2) is 0 Å². The molecule has 0 saturated carbocycles. The molecule has 0 aliphatic heterocycles. The summed E-state index contributed by atoms with van der Waals surface area (Å²) in [5.41, 5.74) is 8.86. The van der Waals surface area contributed by atoms with Gasteiger partial charge in [-0.15, -0.1) is 0 Å². The number of anilines is 1. The smallest absolute Gasteiger partial charge is 0.101 e. The van der Waals surface area contributed by atoms with Crippen LogP contribution in [-0.4, -0.2) is 0 Å². The highest BCUT2D eigenvalue weighted by atomic mass is 14.6. The van der Waals surface area contributed by atoms with Crippen molar-refractivity contribution in [3.63, 3.8) is 0 Å². The van der Waals surface area contributed by atoms with E-state index in [2.05, 4.69) is 6.07 Å². The first-order valence-electron chi connectivity index (χ1n) is 5.42. The third kappa shape index (κ3) is 5.07. The predicted molar refractivity (Wildman–Crippen MR) is 67.7 cm³/mol. The van der Waals surface area contributed by atoms with Gasteiger partial charge in [0.2, 0.25) is 0 Å². The zero-order valence-corrected chi connectivity index (χ0v) is 10.7. The van der Waals surface area contributed by atoms with E-state index in [4.69, 9.17) is 11.0 Å². The van der Waals surface area contributed by atoms with E-state index < -0.39 is 0 Å². The summed E-state index contributed by atoms with van der Waals surface area (Å²) in [7, 11) is 0. The van der Waals surface area contributed by atoms with Gasteiger partial charge in [-0.2, -0.15) is 5.26 Å². The molecule has 0 aromatic heterocycles. The largest absolute Gasteiger partial charge is 0.397 e. The van der Waals surface area contributed by atoms with Crippen LogP contribution >= 0.6 is 0 Å². The maximum absolute atomic E-state index is 8.64. The molecule has 0 amide bonds. The molecule has 0 radical (unpaired) electrons. The summed E-state index contributed by atoms with van der Waals surface area (Å²) in [4.78, 5) is 0. The first-order valence-corrected chi connectivity index (χ1v) is 5.42. The van der Waals surface area contributed by atoms with Crippen LogP contribution in [0.2, 0.25) is 0 Å². The van der Waals surface area contributed by atoms with E-state index in [1.807, 2.05) is 47.6 Å². The van der Waals surface area contributed by atoms with Crippen molar-refractivity contribution >= 4 is 5.69 Å². The van der Waals surface area contributed by atoms with Gasteiger partial charge in [0.1, 0.15) is 6.07 Å². The second-order valence-electron chi connectivity index (χ2n) is 2.65. The molecule has 0 atom stereocenters. The van der Waals surface area contributed by atoms with E-state index in [1.165, 1.54) is 0 Å². The van der Waals surface area contributed by atoms with E-state index >= 15 is 0 Å². The zero-order valence-electron chi connectivity index (χ0n) is 10.7. The summed E-state index contributed by atoms with van der Waals surface area (Å²) in [6.45, 7) is 11.9. The molecule has 0 aliphatic rings. The van der Waals surface area contributed by atoms with Crippen LogP contribution in [0.15, 0.2) is 12.1 Å². The van der Waals surface area contributed by atoms with Crippen LogP contribution < -0.4 is 5.73 Å². The van der Waals surface area contributed by atoms with Gasteiger partial charge in [0, 0.05) is 0 Å². The van der Waals surface area contributed by atoms with Gasteiger partial charge in [-0.05, 0) is 31.0 Å². The molecule has 2 heteroatoms. The normalized spacial score (nSPS) is 7.53. The number of aryl methyl sites for hydroxylation is 2. The maximum atomic E-state index is 8.64. The lowest BCUT2D eigenvalue weighted by atomic mass is 10.1. The lowest BCUT2D eigenvalue weighted by Gasteiger charge is -2.02. The second kappa shape index (κ2) is 9.08. The Kier molecular flexibility index (Phi) is 9.66. The number of nitrogens with zero attached hydrogens (tertiary/aromatic N) is 1. The quantitative estimate of drug-likeness (QED) is 0.656. The number of nitriles is 1. The van der Waals surface area contributed by atoms with Crippen molar-refractivity contribution in [2.75, 3.05) is 5.73 Å². The minimum absolute atomic E-state index is 0.572. The van der Waals surface area contributed by atoms with Gasteiger partial charge in [0.25, 0.3) is 0 Å². The predicted octanol–water partition coefficient (Wildman–Crippen LogP) is 3.81. The summed E-state index contributed by atoms with van der Waals surface area (Å²) in [5, 5.41) is 8.64. The fourth-order valence-corrected chi connectivity index (χ4v) is 1.07. The second-order valence-corrected chi connectivity index (χ2v) is 2.65. The molecule has 2 N–H and O–H groups in total. The minimum Gasteiger partial charge on any atom is -0.397 e. The van der Waals surface area contributed by atoms with E-state index in [0.29, 0.717) is 11.3 Å². The molecule has 84 valence electrons. The summed E-state index contributed by atoms with van der Waals surface area (Å²) in [5.74, 6) is 0. The van der Waals surface area contributed by atoms with Gasteiger partial charge >= 0.3 is 0 Å². The molecule has 1 rings (SSSR count). The highest BCUT2D eigenvalue weighted by Crippen LogP contribution is 2.17. The highest BCUT2D eigenvalue weighted by molar-refractivity contribution is 5.60. The Labute approximate surface area is 93.7 Å². The topological polar surface area (TPSA) is 49.8 Å². The average Bonchev–Trinajstić information content (AvgIpc) is 2.29. The summed E-state index contributed by atoms with van der Waals surface area (Å²) in [6.07, 6.45) is 0. The third-order valence-electron chi connectivity index (χ3n) is 1.65. The Hall–Kier alpha value is -1.49. The van der Waals surface area contributed by atoms with Crippen LogP contribution in [0.3, 0.4) is 0 Å². The Bertz CT molecular complexity index is 322. The van der Waals surface area contributed by atoms with Gasteiger partial charge < -0.3 is 5.73 Å². The molecule has 0 heterocycles. The summed E-state index contributed by atoms with van der Waals surface area (Å²) < 4.78 is 0. The fourth-order valence-electron chi connectivity index (χ4n) is 1.07. The Morgan fingerprint density at radius 1 is 1.07 bits per heavy atom. The Balaban J connectivity index is 0. The molecule has 0 fully saturated rings. The molecule has 0 spiro atoms. The standard InChI is InChI=1S/C9H10N2.2C2H6/c1-6-3-7(2)9(11)8(4-6)5-10;2*1-2/h3-4H,11H2,1-2H3;2*1-2H3. The summed E-state index contributed by atoms with van der Waals surface area (Å²) in [6, 6.07) is 5.81. The first kappa shape index (κ1) is 16.0. The number of benzene rings is 1. The van der Waals surface area contributed by atoms with Crippen molar-refractivity contribution in [3.8, 4) is 6.07 Å². The van der Waals surface area contributed by atoms with Crippen LogP contribution in [0.5, 0.6) is 0 Å². The minimum atomic E-state index is 0.572. The molecule has 0 aliphatic carbocycles. The molecule has 0 unspecified atom stereocenters. The van der Waals surface area contributed by atoms with Crippen LogP contribution in [0.4, 0.5) is 5.69 Å². The van der Waals surface area contributed by atoms with Crippen molar-refractivity contribution in [2.45, 2.75) is 41.5 Å². The van der Waals surface area contributed by atoms with E-state index in [0.717, 1.165) is 11.1 Å². The number of rotatable bonds is 0. The zero-order chi connectivity index (χ0) is 12.4. The monoisotopic (exact) mass is 206 g/mol. The number of nitrogen functional groups attached to an aromatic ring is 1. The maximum Gasteiger partial charge on any atom is 0.101 e. The van der Waals surface area contributed by atoms with Gasteiger partial charge in [-0.1, -0.05) is 33.8 Å². The Morgan fingerprint density at radius 2 is 1.53 bits per heavy atom. The highest BCUT2D eigenvalue weighted by Gasteiger charge is 2.00. The molecule has 15 heavy (non-hydrogen) atoms. The molecular weight excluding hydrogens is 184 g/mol. The third-order valence-corrected chi connectivity index (χ3v) is 1.65. The van der Waals surface area contributed by atoms with E-state index in [-0.39, 0.29) is 0 Å². The van der Waals surface area contributed by atoms with Crippen molar-refractivity contribution < 1.29 is 0 Å². The number of hydrogen-bond acceptors (Lipinski definition) is 2. The van der Waals surface area contributed by atoms with Crippen LogP contribution in [-0.2, 0) is 0 Å². The van der Waals surface area contributed by atoms with Crippen LogP contribution in [0.1, 0.15) is 44.4 Å². The number of nitrogens with two attached hydrogens (primary N) is 1. The lowest BCUT2D eigenvalue weighted by Crippen LogP contribution is -1.94. The molecule has 0 saturated heterocycles. The SMILES string of the molecule is CC.CC.Cc1cc(C)c(N)c(C#N)c1. The molecule has 1 aromatic rings. The lowest BCUT2D eigenvalue weighted by molar-refractivity contribution is 1.36. The average molecular weight is 206 g/mol. The molecule has 0 bridgehead atoms. The van der Waals surface area contributed by atoms with E-state index in [9.17, 15) is 0 Å². The fraction of sp³-hybridized carbons (Fsp3) is 0.462. The Morgan fingerprint density at radius 3 is 1.93 bits per heavy atom. The van der Waals surface area contributed by atoms with E-state index in [1.54, 1.807) is 6.07 Å². The van der Waals surface area contributed by atoms with Crippen LogP contribution in [0.25, 0.3) is 0 Å². The van der Waals surface area contributed by atoms with Crippen molar-refractivity contribution in [2.24, 2.45) is 0 Å². The molecule has 1 aromatic carbocycles. The van der Waals surface area contributed by atoms with Gasteiger partial charge in [-0.25, -0.2) is 0 Å². The molecule has 2 nitrogen and oxygen atoms in total. The first-order chi connectivity index (χ1) is 7.15. The van der Waals surface area contributed by atoms with Crippen molar-refractivity contribution in [1.82, 2.24) is 0 Å². The number of hydrogen-bond donors (Lipinski definition) is 1. The van der Waals surface area contributed by atoms with Gasteiger partial charge in [0.05, 0.1) is 11.3 Å². The van der Waals surface area contributed by atoms with Crippen molar-refractivity contribution in [3.05, 3.63) is 28.8 Å². The molecular formula is C13H22N2. The van der Waals surface area contributed by atoms with Crippen molar-refractivity contribution in [1.29, 1.82) is 5.26 Å². The van der Waals surface area contributed by atoms with Gasteiger partial charge in [-0.3, -0.25) is 0 Å². The summed E-state index contributed by atoms with van der Waals surface area (Å²) >= 11 is 0. The van der Waals surface area contributed by atoms with Crippen LogP contribution in [0, 0.1) is 25.2 Å².